The lowest BCUT2D eigenvalue weighted by molar-refractivity contribution is -0.00331. The van der Waals surface area contributed by atoms with Crippen molar-refractivity contribution in [2.45, 2.75) is 39.5 Å². The fraction of sp³-hybridized carbons (Fsp3) is 0.387. The van der Waals surface area contributed by atoms with Gasteiger partial charge in [-0.3, -0.25) is 9.59 Å². The van der Waals surface area contributed by atoms with Crippen LogP contribution in [-0.2, 0) is 17.8 Å². The van der Waals surface area contributed by atoms with Gasteiger partial charge in [0.2, 0.25) is 0 Å². The van der Waals surface area contributed by atoms with E-state index in [1.54, 1.807) is 37.8 Å². The van der Waals surface area contributed by atoms with Crippen LogP contribution in [0.1, 0.15) is 20.8 Å². The third-order valence-corrected chi connectivity index (χ3v) is 7.28. The minimum absolute atomic E-state index is 0.00677. The maximum Gasteiger partial charge on any atom is 0.410 e. The largest absolute Gasteiger partial charge is 0.508 e. The lowest BCUT2D eigenvalue weighted by atomic mass is 9.96. The number of ether oxygens (including phenoxy) is 1. The van der Waals surface area contributed by atoms with E-state index in [1.807, 2.05) is 43.3 Å². The summed E-state index contributed by atoms with van der Waals surface area (Å²) in [5, 5.41) is 11.9. The molecular weight excluding hydrogens is 527 g/mol. The Morgan fingerprint density at radius 2 is 1.66 bits per heavy atom. The molecule has 9 nitrogen and oxygen atoms in total. The minimum Gasteiger partial charge on any atom is -0.508 e. The van der Waals surface area contributed by atoms with E-state index in [4.69, 9.17) is 4.74 Å². The number of benzene rings is 3. The van der Waals surface area contributed by atoms with Crippen molar-refractivity contribution >= 4 is 27.9 Å². The number of aromatic nitrogens is 2. The summed E-state index contributed by atoms with van der Waals surface area (Å²) in [7, 11) is 3.73. The molecule has 1 fully saturated rings. The summed E-state index contributed by atoms with van der Waals surface area (Å²) in [5.74, 6) is -0.686. The van der Waals surface area contributed by atoms with E-state index in [-0.39, 0.29) is 30.3 Å². The monoisotopic (exact) mass is 562 g/mol. The van der Waals surface area contributed by atoms with E-state index in [1.165, 1.54) is 21.3 Å². The van der Waals surface area contributed by atoms with Crippen LogP contribution in [0.15, 0.2) is 58.1 Å². The van der Waals surface area contributed by atoms with Crippen LogP contribution in [0.25, 0.3) is 32.9 Å². The third kappa shape index (κ3) is 5.69. The number of halogens is 1. The van der Waals surface area contributed by atoms with Gasteiger partial charge in [0.1, 0.15) is 17.2 Å². The van der Waals surface area contributed by atoms with E-state index in [0.29, 0.717) is 36.2 Å². The van der Waals surface area contributed by atoms with E-state index in [9.17, 15) is 19.5 Å². The quantitative estimate of drug-likeness (QED) is 0.353. The van der Waals surface area contributed by atoms with Gasteiger partial charge in [0, 0.05) is 50.3 Å². The highest BCUT2D eigenvalue weighted by molar-refractivity contribution is 5.99. The van der Waals surface area contributed by atoms with Crippen molar-refractivity contribution in [1.29, 1.82) is 0 Å². The second-order valence-electron chi connectivity index (χ2n) is 12.0. The molecule has 0 bridgehead atoms. The molecule has 5 rings (SSSR count). The summed E-state index contributed by atoms with van der Waals surface area (Å²) >= 11 is 0. The van der Waals surface area contributed by atoms with Crippen molar-refractivity contribution in [3.05, 3.63) is 75.1 Å². The smallest absolute Gasteiger partial charge is 0.410 e. The number of amides is 1. The number of phenols is 1. The molecule has 0 spiro atoms. The Balaban J connectivity index is 1.61. The number of hydrogen-bond donors (Lipinski definition) is 1. The number of fused-ring (bicyclic) bond motifs is 2. The molecule has 1 aliphatic heterocycles. The van der Waals surface area contributed by atoms with Gasteiger partial charge in [-0.1, -0.05) is 24.3 Å². The Morgan fingerprint density at radius 1 is 1.00 bits per heavy atom. The lowest BCUT2D eigenvalue weighted by Crippen LogP contribution is -2.54. The Morgan fingerprint density at radius 3 is 2.34 bits per heavy atom. The molecule has 1 aromatic heterocycles. The molecule has 2 heterocycles. The van der Waals surface area contributed by atoms with Crippen LogP contribution in [0.2, 0.25) is 0 Å². The van der Waals surface area contributed by atoms with Crippen molar-refractivity contribution < 1.29 is 19.0 Å². The minimum atomic E-state index is -0.734. The first-order valence-corrected chi connectivity index (χ1v) is 13.6. The van der Waals surface area contributed by atoms with Crippen LogP contribution in [0.3, 0.4) is 0 Å². The van der Waals surface area contributed by atoms with E-state index < -0.39 is 28.6 Å². The van der Waals surface area contributed by atoms with Crippen LogP contribution in [0.4, 0.5) is 9.18 Å². The van der Waals surface area contributed by atoms with E-state index >= 15 is 4.39 Å². The number of nitrogens with zero attached hydrogens (tertiary/aromatic N) is 4. The summed E-state index contributed by atoms with van der Waals surface area (Å²) in [4.78, 5) is 42.6. The molecule has 0 radical (unpaired) electrons. The molecule has 10 heteroatoms. The van der Waals surface area contributed by atoms with Gasteiger partial charge in [0.15, 0.2) is 0 Å². The predicted molar refractivity (Wildman–Crippen MR) is 157 cm³/mol. The summed E-state index contributed by atoms with van der Waals surface area (Å²) in [6, 6.07) is 13.4. The number of hydrogen-bond acceptors (Lipinski definition) is 6. The summed E-state index contributed by atoms with van der Waals surface area (Å²) < 4.78 is 24.1. The van der Waals surface area contributed by atoms with Crippen LogP contribution in [0, 0.1) is 11.7 Å². The number of rotatable bonds is 6. The van der Waals surface area contributed by atoms with Crippen LogP contribution in [-0.4, -0.2) is 69.5 Å². The lowest BCUT2D eigenvalue weighted by Gasteiger charge is -2.40. The van der Waals surface area contributed by atoms with Gasteiger partial charge >= 0.3 is 17.2 Å². The normalized spacial score (nSPS) is 14.2. The van der Waals surface area contributed by atoms with Crippen molar-refractivity contribution in [3.8, 4) is 16.9 Å². The standard InChI is InChI=1S/C31H35FN4O5/c1-31(2,3)41-30(40)34-16-19(17-34)18-36-27-15-25(32)24(23-13-21(37)12-20-8-6-7-9-22(20)23)14-26(27)35(11-10-33(4)5)28(38)29(36)39/h6-9,12-15,19,37H,10-11,16-18H2,1-5H3. The first-order valence-electron chi connectivity index (χ1n) is 13.6. The van der Waals surface area contributed by atoms with E-state index in [2.05, 4.69) is 0 Å². The molecule has 0 saturated carbocycles. The molecule has 1 saturated heterocycles. The number of carbonyl (C=O) groups excluding carboxylic acids is 1. The highest BCUT2D eigenvalue weighted by Crippen LogP contribution is 2.36. The van der Waals surface area contributed by atoms with E-state index in [0.717, 1.165) is 10.8 Å². The second kappa shape index (κ2) is 10.7. The van der Waals surface area contributed by atoms with Gasteiger partial charge < -0.3 is 28.8 Å². The van der Waals surface area contributed by atoms with Gasteiger partial charge in [-0.15, -0.1) is 0 Å². The zero-order chi connectivity index (χ0) is 29.6. The number of carbonyl (C=O) groups is 1. The zero-order valence-corrected chi connectivity index (χ0v) is 24.0. The van der Waals surface area contributed by atoms with Crippen LogP contribution < -0.4 is 11.1 Å². The molecule has 3 aromatic carbocycles. The van der Waals surface area contributed by atoms with Gasteiger partial charge in [-0.05, 0) is 69.4 Å². The molecule has 0 unspecified atom stereocenters. The summed E-state index contributed by atoms with van der Waals surface area (Å²) in [5.41, 5.74) is -0.632. The predicted octanol–water partition coefficient (Wildman–Crippen LogP) is 4.26. The number of likely N-dealkylation sites (N-methyl/N-ethyl adjacent to an activating group) is 1. The Kier molecular flexibility index (Phi) is 7.37. The molecule has 1 N–H and O–H groups in total. The maximum absolute atomic E-state index is 15.9. The second-order valence-corrected chi connectivity index (χ2v) is 12.0. The van der Waals surface area contributed by atoms with Crippen molar-refractivity contribution in [3.63, 3.8) is 0 Å². The van der Waals surface area contributed by atoms with Gasteiger partial charge in [0.05, 0.1) is 11.0 Å². The highest BCUT2D eigenvalue weighted by Gasteiger charge is 2.34. The SMILES string of the molecule is CN(C)CCn1c(=O)c(=O)n(CC2CN(C(=O)OC(C)(C)C)C2)c2cc(F)c(-c3cc(O)cc4ccccc34)cc21. The van der Waals surface area contributed by atoms with Gasteiger partial charge in [0.25, 0.3) is 0 Å². The first-order chi connectivity index (χ1) is 19.3. The number of phenolic OH excluding ortho intramolecular Hbond substituents is 1. The maximum atomic E-state index is 15.9. The van der Waals surface area contributed by atoms with Crippen LogP contribution >= 0.6 is 0 Å². The molecular formula is C31H35FN4O5. The first kappa shape index (κ1) is 28.4. The molecule has 216 valence electrons. The molecule has 41 heavy (non-hydrogen) atoms. The Labute approximate surface area is 237 Å². The Bertz CT molecular complexity index is 1760. The fourth-order valence-electron chi connectivity index (χ4n) is 5.28. The summed E-state index contributed by atoms with van der Waals surface area (Å²) in [6.45, 7) is 7.00. The number of aromatic hydroxyl groups is 1. The average molecular weight is 563 g/mol. The third-order valence-electron chi connectivity index (χ3n) is 7.28. The number of likely N-dealkylation sites (tertiary alicyclic amines) is 1. The zero-order valence-electron chi connectivity index (χ0n) is 24.0. The van der Waals surface area contributed by atoms with Gasteiger partial charge in [-0.2, -0.15) is 0 Å². The van der Waals surface area contributed by atoms with Crippen molar-refractivity contribution in [1.82, 2.24) is 18.9 Å². The van der Waals surface area contributed by atoms with Gasteiger partial charge in [-0.25, -0.2) is 9.18 Å². The molecule has 0 aliphatic carbocycles. The van der Waals surface area contributed by atoms with Crippen molar-refractivity contribution in [2.75, 3.05) is 33.7 Å². The average Bonchev–Trinajstić information content (AvgIpc) is 2.86. The fourth-order valence-corrected chi connectivity index (χ4v) is 5.28. The van der Waals surface area contributed by atoms with Crippen molar-refractivity contribution in [2.24, 2.45) is 5.92 Å². The molecule has 1 aliphatic rings. The molecule has 4 aromatic rings. The highest BCUT2D eigenvalue weighted by atomic mass is 19.1. The topological polar surface area (TPSA) is 97.0 Å². The molecule has 0 atom stereocenters. The Hall–Kier alpha value is -4.18. The summed E-state index contributed by atoms with van der Waals surface area (Å²) in [6.07, 6.45) is -0.431. The van der Waals surface area contributed by atoms with Crippen LogP contribution in [0.5, 0.6) is 5.75 Å². The molecule has 1 amide bonds.